The molecule has 0 saturated heterocycles. The van der Waals surface area contributed by atoms with Gasteiger partial charge < -0.3 is 4.74 Å². The summed E-state index contributed by atoms with van der Waals surface area (Å²) in [4.78, 5) is 11.7. The Balaban J connectivity index is 1.56. The van der Waals surface area contributed by atoms with Crippen LogP contribution >= 0.6 is 11.6 Å². The van der Waals surface area contributed by atoms with E-state index in [0.717, 1.165) is 12.8 Å². The Labute approximate surface area is 112 Å². The summed E-state index contributed by atoms with van der Waals surface area (Å²) in [5.74, 6) is 0.427. The molecular formula is C15H17ClO2. The van der Waals surface area contributed by atoms with E-state index in [2.05, 4.69) is 12.1 Å². The quantitative estimate of drug-likeness (QED) is 0.781. The summed E-state index contributed by atoms with van der Waals surface area (Å²) in [6.07, 6.45) is 2.52. The minimum atomic E-state index is 0.0307. The van der Waals surface area contributed by atoms with Crippen LogP contribution in [0.3, 0.4) is 0 Å². The number of halogens is 1. The van der Waals surface area contributed by atoms with Gasteiger partial charge in [0.2, 0.25) is 0 Å². The fourth-order valence-corrected chi connectivity index (χ4v) is 3.88. The molecule has 3 atom stereocenters. The molecule has 0 aliphatic heterocycles. The summed E-state index contributed by atoms with van der Waals surface area (Å²) in [5, 5.41) is 0.0339. The Morgan fingerprint density at radius 2 is 2.06 bits per heavy atom. The Kier molecular flexibility index (Phi) is 3.16. The molecule has 18 heavy (non-hydrogen) atoms. The molecule has 0 heterocycles. The molecule has 0 spiro atoms. The van der Waals surface area contributed by atoms with E-state index in [-0.39, 0.29) is 16.7 Å². The van der Waals surface area contributed by atoms with Gasteiger partial charge in [0.05, 0.1) is 13.2 Å². The lowest BCUT2D eigenvalue weighted by Crippen LogP contribution is -2.28. The lowest BCUT2D eigenvalue weighted by Gasteiger charge is -2.26. The van der Waals surface area contributed by atoms with Gasteiger partial charge in [-0.3, -0.25) is 4.79 Å². The summed E-state index contributed by atoms with van der Waals surface area (Å²) >= 11 is 6.21. The third kappa shape index (κ3) is 2.19. The van der Waals surface area contributed by atoms with Crippen LogP contribution in [0.1, 0.15) is 24.8 Å². The first-order valence-corrected chi connectivity index (χ1v) is 6.91. The topological polar surface area (TPSA) is 26.3 Å². The number of alkyl halides is 1. The van der Waals surface area contributed by atoms with Gasteiger partial charge in [-0.05, 0) is 18.4 Å². The van der Waals surface area contributed by atoms with Crippen LogP contribution in [-0.4, -0.2) is 17.8 Å². The fraction of sp³-hybridized carbons (Fsp3) is 0.533. The van der Waals surface area contributed by atoms with Crippen molar-refractivity contribution in [2.75, 3.05) is 6.61 Å². The van der Waals surface area contributed by atoms with Crippen molar-refractivity contribution in [1.29, 1.82) is 0 Å². The number of hydrogen-bond acceptors (Lipinski definition) is 2. The molecule has 96 valence electrons. The van der Waals surface area contributed by atoms with Gasteiger partial charge in [-0.1, -0.05) is 30.3 Å². The predicted octanol–water partition coefficient (Wildman–Crippen LogP) is 3.18. The van der Waals surface area contributed by atoms with Gasteiger partial charge in [0.25, 0.3) is 0 Å². The molecule has 3 unspecified atom stereocenters. The normalized spacial score (nSPS) is 34.2. The van der Waals surface area contributed by atoms with Gasteiger partial charge in [0.15, 0.2) is 0 Å². The van der Waals surface area contributed by atoms with Gasteiger partial charge >= 0.3 is 0 Å². The van der Waals surface area contributed by atoms with Crippen molar-refractivity contribution in [2.24, 2.45) is 11.3 Å². The Morgan fingerprint density at radius 3 is 2.72 bits per heavy atom. The van der Waals surface area contributed by atoms with E-state index in [1.807, 2.05) is 18.2 Å². The lowest BCUT2D eigenvalue weighted by molar-refractivity contribution is -0.122. The van der Waals surface area contributed by atoms with Gasteiger partial charge in [-0.15, -0.1) is 11.6 Å². The van der Waals surface area contributed by atoms with E-state index in [1.165, 1.54) is 5.56 Å². The number of ether oxygens (including phenoxy) is 1. The van der Waals surface area contributed by atoms with Crippen LogP contribution in [0.2, 0.25) is 0 Å². The predicted molar refractivity (Wildman–Crippen MR) is 70.5 cm³/mol. The van der Waals surface area contributed by atoms with Crippen molar-refractivity contribution in [1.82, 2.24) is 0 Å². The maximum Gasteiger partial charge on any atom is 0.138 e. The molecular weight excluding hydrogens is 248 g/mol. The lowest BCUT2D eigenvalue weighted by atomic mass is 9.85. The number of carbonyl (C=O) groups excluding carboxylic acids is 1. The third-order valence-electron chi connectivity index (χ3n) is 4.20. The average Bonchev–Trinajstić information content (AvgIpc) is 2.83. The monoisotopic (exact) mass is 264 g/mol. The standard InChI is InChI=1S/C15H17ClO2/c16-13-7-15(6-12(13)14(17)8-15)10-18-9-11-4-2-1-3-5-11/h1-5,12-13H,6-10H2. The minimum absolute atomic E-state index is 0.0307. The second kappa shape index (κ2) is 4.67. The van der Waals surface area contributed by atoms with E-state index in [1.54, 1.807) is 0 Å². The molecule has 1 aromatic carbocycles. The Morgan fingerprint density at radius 1 is 1.28 bits per heavy atom. The van der Waals surface area contributed by atoms with E-state index in [4.69, 9.17) is 16.3 Å². The highest BCUT2D eigenvalue weighted by atomic mass is 35.5. The van der Waals surface area contributed by atoms with E-state index >= 15 is 0 Å². The molecule has 2 nitrogen and oxygen atoms in total. The smallest absolute Gasteiger partial charge is 0.138 e. The maximum absolute atomic E-state index is 11.7. The first-order valence-electron chi connectivity index (χ1n) is 6.47. The summed E-state index contributed by atoms with van der Waals surface area (Å²) in [6, 6.07) is 10.1. The van der Waals surface area contributed by atoms with Crippen molar-refractivity contribution in [3.8, 4) is 0 Å². The highest BCUT2D eigenvalue weighted by Gasteiger charge is 2.54. The average molecular weight is 265 g/mol. The zero-order valence-electron chi connectivity index (χ0n) is 10.3. The second-order valence-electron chi connectivity index (χ2n) is 5.65. The largest absolute Gasteiger partial charge is 0.376 e. The zero-order chi connectivity index (χ0) is 12.6. The molecule has 0 aromatic heterocycles. The fourth-order valence-electron chi connectivity index (χ4n) is 3.32. The molecule has 2 saturated carbocycles. The highest BCUT2D eigenvalue weighted by Crippen LogP contribution is 2.54. The molecule has 1 aromatic rings. The molecule has 2 aliphatic rings. The SMILES string of the molecule is O=C1CC2(COCc3ccccc3)CC(Cl)C1C2. The highest BCUT2D eigenvalue weighted by molar-refractivity contribution is 6.23. The Hall–Kier alpha value is -0.860. The zero-order valence-corrected chi connectivity index (χ0v) is 11.0. The second-order valence-corrected chi connectivity index (χ2v) is 6.21. The number of rotatable bonds is 4. The number of hydrogen-bond donors (Lipinski definition) is 0. The van der Waals surface area contributed by atoms with Crippen molar-refractivity contribution in [3.05, 3.63) is 35.9 Å². The number of ketones is 1. The summed E-state index contributed by atoms with van der Waals surface area (Å²) < 4.78 is 5.81. The molecule has 2 aliphatic carbocycles. The van der Waals surface area contributed by atoms with Crippen LogP contribution < -0.4 is 0 Å². The van der Waals surface area contributed by atoms with Crippen molar-refractivity contribution in [3.63, 3.8) is 0 Å². The van der Waals surface area contributed by atoms with Gasteiger partial charge in [0, 0.05) is 23.1 Å². The van der Waals surface area contributed by atoms with Gasteiger partial charge in [-0.2, -0.15) is 0 Å². The van der Waals surface area contributed by atoms with Crippen LogP contribution in [0.15, 0.2) is 30.3 Å². The van der Waals surface area contributed by atoms with Crippen molar-refractivity contribution in [2.45, 2.75) is 31.2 Å². The molecule has 2 bridgehead atoms. The van der Waals surface area contributed by atoms with Crippen molar-refractivity contribution >= 4 is 17.4 Å². The van der Waals surface area contributed by atoms with Crippen LogP contribution in [0.4, 0.5) is 0 Å². The molecule has 3 heteroatoms. The van der Waals surface area contributed by atoms with Crippen LogP contribution in [0.5, 0.6) is 0 Å². The minimum Gasteiger partial charge on any atom is -0.376 e. The van der Waals surface area contributed by atoms with Crippen LogP contribution in [0, 0.1) is 11.3 Å². The van der Waals surface area contributed by atoms with E-state index < -0.39 is 0 Å². The van der Waals surface area contributed by atoms with E-state index in [0.29, 0.717) is 25.4 Å². The van der Waals surface area contributed by atoms with Gasteiger partial charge in [0.1, 0.15) is 5.78 Å². The van der Waals surface area contributed by atoms with E-state index in [9.17, 15) is 4.79 Å². The third-order valence-corrected chi connectivity index (χ3v) is 4.66. The molecule has 0 radical (unpaired) electrons. The molecule has 0 N–H and O–H groups in total. The van der Waals surface area contributed by atoms with Crippen LogP contribution in [-0.2, 0) is 16.1 Å². The first kappa shape index (κ1) is 12.2. The number of Topliss-reactive ketones (excluding diaryl/α,β-unsaturated/α-hetero) is 1. The summed E-state index contributed by atoms with van der Waals surface area (Å²) in [5.41, 5.74) is 1.21. The molecule has 2 fully saturated rings. The van der Waals surface area contributed by atoms with Crippen LogP contribution in [0.25, 0.3) is 0 Å². The van der Waals surface area contributed by atoms with Gasteiger partial charge in [-0.25, -0.2) is 0 Å². The maximum atomic E-state index is 11.7. The number of carbonyl (C=O) groups is 1. The summed E-state index contributed by atoms with van der Waals surface area (Å²) in [7, 11) is 0. The van der Waals surface area contributed by atoms with Crippen molar-refractivity contribution < 1.29 is 9.53 Å². The number of benzene rings is 1. The molecule has 0 amide bonds. The summed E-state index contributed by atoms with van der Waals surface area (Å²) in [6.45, 7) is 1.28. The Bertz CT molecular complexity index is 445. The number of fused-ring (bicyclic) bond motifs is 2. The first-order chi connectivity index (χ1) is 8.69. The molecule has 3 rings (SSSR count).